The van der Waals surface area contributed by atoms with Crippen LogP contribution < -0.4 is 0 Å². The number of hydrogen-bond acceptors (Lipinski definition) is 2. The third-order valence-corrected chi connectivity index (χ3v) is 4.25. The van der Waals surface area contributed by atoms with Gasteiger partial charge in [0.2, 0.25) is 11.8 Å². The molecular weight excluding hydrogens is 283 g/mol. The van der Waals surface area contributed by atoms with E-state index in [2.05, 4.69) is 0 Å². The molecule has 1 saturated heterocycles. The van der Waals surface area contributed by atoms with Gasteiger partial charge in [-0.3, -0.25) is 9.59 Å². The largest absolute Gasteiger partial charge is 0.340 e. The minimum absolute atomic E-state index is 0.0202. The van der Waals surface area contributed by atoms with Crippen molar-refractivity contribution in [2.24, 2.45) is 5.92 Å². The molecule has 1 fully saturated rings. The monoisotopic (exact) mass is 306 g/mol. The number of carbonyl (C=O) groups excluding carboxylic acids is 2. The topological polar surface area (TPSA) is 40.6 Å². The van der Waals surface area contributed by atoms with Crippen LogP contribution in [0, 0.1) is 11.7 Å². The van der Waals surface area contributed by atoms with Crippen LogP contribution in [0.15, 0.2) is 24.3 Å². The van der Waals surface area contributed by atoms with E-state index in [1.54, 1.807) is 28.0 Å². The van der Waals surface area contributed by atoms with E-state index in [4.69, 9.17) is 0 Å². The van der Waals surface area contributed by atoms with Crippen molar-refractivity contribution in [3.05, 3.63) is 35.6 Å². The van der Waals surface area contributed by atoms with E-state index in [9.17, 15) is 14.0 Å². The van der Waals surface area contributed by atoms with Crippen molar-refractivity contribution in [3.63, 3.8) is 0 Å². The fraction of sp³-hybridized carbons (Fsp3) is 0.529. The first kappa shape index (κ1) is 16.5. The SMILES string of the molecule is CCC(C)C(=O)N1CCC(=O)N(Cc2ccccc2F)CC1. The molecule has 0 aromatic heterocycles. The second kappa shape index (κ2) is 7.38. The van der Waals surface area contributed by atoms with Crippen LogP contribution in [0.25, 0.3) is 0 Å². The summed E-state index contributed by atoms with van der Waals surface area (Å²) >= 11 is 0. The van der Waals surface area contributed by atoms with Crippen molar-refractivity contribution in [2.45, 2.75) is 33.2 Å². The summed E-state index contributed by atoms with van der Waals surface area (Å²) in [6.07, 6.45) is 1.10. The van der Waals surface area contributed by atoms with Crippen molar-refractivity contribution in [1.82, 2.24) is 9.80 Å². The Morgan fingerprint density at radius 1 is 1.27 bits per heavy atom. The molecule has 1 aromatic rings. The number of amides is 2. The molecule has 1 aliphatic rings. The lowest BCUT2D eigenvalue weighted by Crippen LogP contribution is -2.38. The number of halogens is 1. The second-order valence-corrected chi connectivity index (χ2v) is 5.79. The second-order valence-electron chi connectivity index (χ2n) is 5.79. The van der Waals surface area contributed by atoms with Gasteiger partial charge in [0.25, 0.3) is 0 Å². The highest BCUT2D eigenvalue weighted by Crippen LogP contribution is 2.15. The van der Waals surface area contributed by atoms with Crippen molar-refractivity contribution in [2.75, 3.05) is 19.6 Å². The molecule has 0 radical (unpaired) electrons. The Hall–Kier alpha value is -1.91. The van der Waals surface area contributed by atoms with E-state index < -0.39 is 0 Å². The molecule has 1 heterocycles. The van der Waals surface area contributed by atoms with E-state index in [-0.39, 0.29) is 30.1 Å². The highest BCUT2D eigenvalue weighted by molar-refractivity contribution is 5.81. The Balaban J connectivity index is 2.02. The average molecular weight is 306 g/mol. The Labute approximate surface area is 130 Å². The van der Waals surface area contributed by atoms with Crippen LogP contribution in [0.5, 0.6) is 0 Å². The fourth-order valence-corrected chi connectivity index (χ4v) is 2.57. The lowest BCUT2D eigenvalue weighted by Gasteiger charge is -2.24. The Morgan fingerprint density at radius 2 is 2.00 bits per heavy atom. The van der Waals surface area contributed by atoms with Gasteiger partial charge >= 0.3 is 0 Å². The maximum atomic E-state index is 13.7. The molecule has 1 atom stereocenters. The van der Waals surface area contributed by atoms with E-state index in [0.29, 0.717) is 31.6 Å². The zero-order chi connectivity index (χ0) is 16.1. The third kappa shape index (κ3) is 3.84. The summed E-state index contributed by atoms with van der Waals surface area (Å²) in [7, 11) is 0. The molecule has 1 aliphatic heterocycles. The summed E-state index contributed by atoms with van der Waals surface area (Å²) in [5, 5.41) is 0. The first-order valence-corrected chi connectivity index (χ1v) is 7.83. The molecule has 0 N–H and O–H groups in total. The summed E-state index contributed by atoms with van der Waals surface area (Å²) in [5.74, 6) is -0.244. The van der Waals surface area contributed by atoms with Gasteiger partial charge in [0.15, 0.2) is 0 Å². The van der Waals surface area contributed by atoms with E-state index in [1.807, 2.05) is 13.8 Å². The van der Waals surface area contributed by atoms with Gasteiger partial charge in [-0.15, -0.1) is 0 Å². The van der Waals surface area contributed by atoms with Crippen molar-refractivity contribution < 1.29 is 14.0 Å². The number of benzene rings is 1. The molecule has 4 nitrogen and oxygen atoms in total. The predicted octanol–water partition coefficient (Wildman–Crippen LogP) is 2.43. The molecular formula is C17H23FN2O2. The summed E-state index contributed by atoms with van der Waals surface area (Å²) in [6.45, 7) is 5.58. The van der Waals surface area contributed by atoms with Crippen LogP contribution in [0.2, 0.25) is 0 Å². The zero-order valence-corrected chi connectivity index (χ0v) is 13.2. The molecule has 1 unspecified atom stereocenters. The molecule has 5 heteroatoms. The lowest BCUT2D eigenvalue weighted by atomic mass is 10.1. The van der Waals surface area contributed by atoms with Gasteiger partial charge in [-0.25, -0.2) is 4.39 Å². The highest BCUT2D eigenvalue weighted by atomic mass is 19.1. The first-order valence-electron chi connectivity index (χ1n) is 7.83. The van der Waals surface area contributed by atoms with Crippen LogP contribution >= 0.6 is 0 Å². The Bertz CT molecular complexity index is 547. The van der Waals surface area contributed by atoms with Crippen LogP contribution in [-0.4, -0.2) is 41.2 Å². The maximum absolute atomic E-state index is 13.7. The average Bonchev–Trinajstić information content (AvgIpc) is 2.70. The predicted molar refractivity (Wildman–Crippen MR) is 82.5 cm³/mol. The van der Waals surface area contributed by atoms with Gasteiger partial charge in [-0.2, -0.15) is 0 Å². The summed E-state index contributed by atoms with van der Waals surface area (Å²) < 4.78 is 13.7. The Morgan fingerprint density at radius 3 is 2.68 bits per heavy atom. The summed E-state index contributed by atoms with van der Waals surface area (Å²) in [4.78, 5) is 27.8. The smallest absolute Gasteiger partial charge is 0.225 e. The lowest BCUT2D eigenvalue weighted by molar-refractivity contribution is -0.134. The van der Waals surface area contributed by atoms with Crippen molar-refractivity contribution in [3.8, 4) is 0 Å². The minimum Gasteiger partial charge on any atom is -0.340 e. The van der Waals surface area contributed by atoms with Crippen LogP contribution in [0.4, 0.5) is 4.39 Å². The van der Waals surface area contributed by atoms with Gasteiger partial charge < -0.3 is 9.80 Å². The maximum Gasteiger partial charge on any atom is 0.225 e. The van der Waals surface area contributed by atoms with Gasteiger partial charge in [0, 0.05) is 44.1 Å². The zero-order valence-electron chi connectivity index (χ0n) is 13.2. The summed E-state index contributed by atoms with van der Waals surface area (Å²) in [6, 6.07) is 6.49. The molecule has 0 aliphatic carbocycles. The molecule has 0 bridgehead atoms. The Kier molecular flexibility index (Phi) is 5.52. The van der Waals surface area contributed by atoms with Gasteiger partial charge in [-0.05, 0) is 12.5 Å². The first-order chi connectivity index (χ1) is 10.5. The minimum atomic E-state index is -0.299. The van der Waals surface area contributed by atoms with Crippen LogP contribution in [0.3, 0.4) is 0 Å². The molecule has 0 spiro atoms. The molecule has 0 saturated carbocycles. The normalized spacial score (nSPS) is 17.3. The van der Waals surface area contributed by atoms with E-state index >= 15 is 0 Å². The molecule has 120 valence electrons. The number of hydrogen-bond donors (Lipinski definition) is 0. The van der Waals surface area contributed by atoms with Gasteiger partial charge in [0.1, 0.15) is 5.82 Å². The number of nitrogens with zero attached hydrogens (tertiary/aromatic N) is 2. The number of rotatable bonds is 4. The van der Waals surface area contributed by atoms with Gasteiger partial charge in [0.05, 0.1) is 0 Å². The van der Waals surface area contributed by atoms with E-state index in [0.717, 1.165) is 6.42 Å². The molecule has 2 rings (SSSR count). The number of carbonyl (C=O) groups is 2. The molecule has 1 aromatic carbocycles. The standard InChI is InChI=1S/C17H23FN2O2/c1-3-13(2)17(22)19-9-8-16(21)20(11-10-19)12-14-6-4-5-7-15(14)18/h4-7,13H,3,8-12H2,1-2H3. The summed E-state index contributed by atoms with van der Waals surface area (Å²) in [5.41, 5.74) is 0.512. The van der Waals surface area contributed by atoms with Crippen molar-refractivity contribution in [1.29, 1.82) is 0 Å². The third-order valence-electron chi connectivity index (χ3n) is 4.25. The van der Waals surface area contributed by atoms with E-state index in [1.165, 1.54) is 6.07 Å². The van der Waals surface area contributed by atoms with Crippen LogP contribution in [-0.2, 0) is 16.1 Å². The molecule has 2 amide bonds. The van der Waals surface area contributed by atoms with Crippen LogP contribution in [0.1, 0.15) is 32.3 Å². The highest BCUT2D eigenvalue weighted by Gasteiger charge is 2.26. The quantitative estimate of drug-likeness (QED) is 0.857. The van der Waals surface area contributed by atoms with Crippen molar-refractivity contribution >= 4 is 11.8 Å². The van der Waals surface area contributed by atoms with Gasteiger partial charge in [-0.1, -0.05) is 32.0 Å². The molecule has 22 heavy (non-hydrogen) atoms. The fourth-order valence-electron chi connectivity index (χ4n) is 2.57.